The maximum atomic E-state index is 5.78. The number of benzene rings is 6. The number of nitrogens with zero attached hydrogens (tertiary/aromatic N) is 4. The van der Waals surface area contributed by atoms with Crippen molar-refractivity contribution in [2.24, 2.45) is 0 Å². The van der Waals surface area contributed by atoms with E-state index in [0.717, 1.165) is 151 Å². The van der Waals surface area contributed by atoms with Gasteiger partial charge >= 0.3 is 0 Å². The van der Waals surface area contributed by atoms with Gasteiger partial charge in [0.15, 0.2) is 0 Å². The van der Waals surface area contributed by atoms with Gasteiger partial charge in [-0.05, 0) is 143 Å². The van der Waals surface area contributed by atoms with Gasteiger partial charge in [-0.25, -0.2) is 19.9 Å². The molecule has 0 unspecified atom stereocenters. The third kappa shape index (κ3) is 9.35. The number of ether oxygens (including phenoxy) is 1. The largest absolute Gasteiger partial charge is 0.497 e. The first-order valence-electron chi connectivity index (χ1n) is 29.3. The fourth-order valence-electron chi connectivity index (χ4n) is 12.4. The van der Waals surface area contributed by atoms with E-state index in [1.165, 1.54) is 0 Å². The highest BCUT2D eigenvalue weighted by Crippen LogP contribution is 2.40. The second-order valence-corrected chi connectivity index (χ2v) is 21.8. The van der Waals surface area contributed by atoms with Crippen LogP contribution in [0.4, 0.5) is 0 Å². The van der Waals surface area contributed by atoms with Gasteiger partial charge in [-0.15, -0.1) is 0 Å². The predicted octanol–water partition coefficient (Wildman–Crippen LogP) is 19.0. The van der Waals surface area contributed by atoms with Gasteiger partial charge in [0.1, 0.15) is 5.75 Å². The highest BCUT2D eigenvalue weighted by atomic mass is 16.5. The van der Waals surface area contributed by atoms with E-state index in [1.807, 2.05) is 42.5 Å². The molecule has 0 atom stereocenters. The fourth-order valence-corrected chi connectivity index (χ4v) is 12.4. The van der Waals surface area contributed by atoms with Crippen molar-refractivity contribution in [2.75, 3.05) is 7.11 Å². The van der Waals surface area contributed by atoms with E-state index in [1.54, 1.807) is 7.11 Å². The number of rotatable bonds is 7. The Kier molecular flexibility index (Phi) is 12.8. The molecular weight excluding hydrogens is 1080 g/mol. The molecule has 0 saturated carbocycles. The minimum atomic E-state index is 0.700. The van der Waals surface area contributed by atoms with Gasteiger partial charge in [-0.2, -0.15) is 0 Å². The van der Waals surface area contributed by atoms with E-state index in [2.05, 4.69) is 262 Å². The van der Waals surface area contributed by atoms with Crippen molar-refractivity contribution >= 4 is 92.7 Å². The molecule has 9 heteroatoms. The first kappa shape index (κ1) is 51.5. The van der Waals surface area contributed by atoms with Crippen molar-refractivity contribution in [1.29, 1.82) is 0 Å². The van der Waals surface area contributed by atoms with E-state index >= 15 is 0 Å². The molecule has 9 nitrogen and oxygen atoms in total. The van der Waals surface area contributed by atoms with Crippen molar-refractivity contribution < 1.29 is 4.74 Å². The Morgan fingerprint density at radius 3 is 0.784 bits per heavy atom. The zero-order valence-electron chi connectivity index (χ0n) is 47.7. The molecule has 0 spiro atoms. The van der Waals surface area contributed by atoms with Gasteiger partial charge in [0.25, 0.3) is 0 Å². The number of hydrogen-bond donors (Lipinski definition) is 4. The monoisotopic (exact) mass is 1130 g/mol. The minimum Gasteiger partial charge on any atom is -0.497 e. The normalized spacial score (nSPS) is 12.1. The number of fused-ring (bicyclic) bond motifs is 16. The molecule has 6 aromatic carbocycles. The van der Waals surface area contributed by atoms with Crippen LogP contribution in [0.1, 0.15) is 56.7 Å². The van der Waals surface area contributed by atoms with Crippen LogP contribution in [-0.4, -0.2) is 47.0 Å². The average Bonchev–Trinajstić information content (AvgIpc) is 2.46. The van der Waals surface area contributed by atoms with Gasteiger partial charge in [0.2, 0.25) is 0 Å². The molecule has 16 rings (SSSR count). The molecule has 4 aliphatic rings. The second-order valence-electron chi connectivity index (χ2n) is 21.8. The Balaban J connectivity index is 1.01. The molecule has 10 heterocycles. The smallest absolute Gasteiger partial charge is 0.119 e. The van der Waals surface area contributed by atoms with Crippen molar-refractivity contribution in [3.63, 3.8) is 0 Å². The SMILES string of the molecule is COc1cccc(-c2c3nc(c(-c4ccccc4)c4ccc([nH]4)c(C#Cc4c5nc(c(-c6ccccc6)c6ccc([nH]6)c(-c6ccccc6)c6nc(c(-c7ccccc7)c7ccc4[nH]7)C=C6)C=C5)c4nc(c(-c5ccccc5)c5ccc2[nH]5)C=C4)C=C3)c1. The summed E-state index contributed by atoms with van der Waals surface area (Å²) in [7, 11) is 1.70. The summed E-state index contributed by atoms with van der Waals surface area (Å²) >= 11 is 0. The van der Waals surface area contributed by atoms with Gasteiger partial charge in [-0.1, -0.05) is 176 Å². The highest BCUT2D eigenvalue weighted by Gasteiger charge is 2.21. The Morgan fingerprint density at radius 1 is 0.250 bits per heavy atom. The van der Waals surface area contributed by atoms with Gasteiger partial charge in [0.05, 0.1) is 74.8 Å². The van der Waals surface area contributed by atoms with Crippen molar-refractivity contribution in [3.05, 3.63) is 281 Å². The topological polar surface area (TPSA) is 124 Å². The zero-order valence-corrected chi connectivity index (χ0v) is 47.7. The number of nitrogens with one attached hydrogen (secondary N) is 4. The summed E-state index contributed by atoms with van der Waals surface area (Å²) in [6, 6.07) is 77.5. The number of aromatic nitrogens is 8. The van der Waals surface area contributed by atoms with E-state index in [4.69, 9.17) is 24.7 Å². The van der Waals surface area contributed by atoms with Gasteiger partial charge < -0.3 is 24.7 Å². The summed E-state index contributed by atoms with van der Waals surface area (Å²) in [5, 5.41) is 0. The Bertz CT molecular complexity index is 5270. The van der Waals surface area contributed by atoms with Crippen LogP contribution < -0.4 is 4.74 Å². The van der Waals surface area contributed by atoms with E-state index in [9.17, 15) is 0 Å². The first-order chi connectivity index (χ1) is 43.5. The number of H-pyrrole nitrogens is 4. The maximum Gasteiger partial charge on any atom is 0.119 e. The van der Waals surface area contributed by atoms with Crippen LogP contribution in [0.15, 0.2) is 224 Å². The van der Waals surface area contributed by atoms with Crippen molar-refractivity contribution in [1.82, 2.24) is 39.9 Å². The molecule has 0 fully saturated rings. The lowest BCUT2D eigenvalue weighted by Gasteiger charge is -2.07. The minimum absolute atomic E-state index is 0.700. The van der Waals surface area contributed by atoms with Crippen LogP contribution in [0.2, 0.25) is 0 Å². The fraction of sp³-hybridized carbons (Fsp3) is 0.0127. The molecule has 0 aliphatic carbocycles. The first-order valence-corrected chi connectivity index (χ1v) is 29.3. The van der Waals surface area contributed by atoms with Crippen LogP contribution in [-0.2, 0) is 0 Å². The van der Waals surface area contributed by atoms with E-state index < -0.39 is 0 Å². The number of hydrogen-bond acceptors (Lipinski definition) is 5. The zero-order chi connectivity index (χ0) is 58.5. The molecule has 88 heavy (non-hydrogen) atoms. The standard InChI is InChI=1S/C79H52N8O/c1-88-55-29-17-28-54(48-55)79-72-46-44-68(86-72)76(51-22-11-4-12-23-51)64-38-34-60(82-64)57(61-35-39-65(83-61)77(52-24-13-5-14-25-52)69-45-47-73(79)87-69)31-30-56-58-32-36-62(80-58)74(49-18-7-2-8-19-49)66-40-42-70(84-66)78(53-26-15-6-16-27-53)71-43-41-67(85-71)75(50-20-9-3-10-21-50)63-37-33-59(56)81-63/h2-29,32-48,80,82,85,87H,1H3. The quantitative estimate of drug-likeness (QED) is 0.118. The highest BCUT2D eigenvalue weighted by molar-refractivity contribution is 6.01. The lowest BCUT2D eigenvalue weighted by Crippen LogP contribution is -1.91. The molecule has 12 aromatic rings. The summed E-state index contributed by atoms with van der Waals surface area (Å²) in [5.74, 6) is 8.29. The molecule has 4 aliphatic heterocycles. The molecule has 6 aromatic heterocycles. The maximum absolute atomic E-state index is 5.78. The third-order valence-electron chi connectivity index (χ3n) is 16.5. The van der Waals surface area contributed by atoms with Gasteiger partial charge in [-0.3, -0.25) is 0 Å². The van der Waals surface area contributed by atoms with Crippen LogP contribution in [0, 0.1) is 11.8 Å². The molecule has 4 N–H and O–H groups in total. The van der Waals surface area contributed by atoms with E-state index in [-0.39, 0.29) is 0 Å². The number of methoxy groups -OCH3 is 1. The molecule has 414 valence electrons. The summed E-state index contributed by atoms with van der Waals surface area (Å²) < 4.78 is 5.78. The lowest BCUT2D eigenvalue weighted by molar-refractivity contribution is 0.415. The molecular formula is C79H52N8O. The molecule has 16 bridgehead atoms. The van der Waals surface area contributed by atoms with Crippen LogP contribution in [0.3, 0.4) is 0 Å². The Hall–Kier alpha value is -12.1. The van der Waals surface area contributed by atoms with Crippen LogP contribution in [0.25, 0.3) is 160 Å². The van der Waals surface area contributed by atoms with Crippen LogP contribution in [0.5, 0.6) is 5.75 Å². The Morgan fingerprint density at radius 2 is 0.489 bits per heavy atom. The van der Waals surface area contributed by atoms with Crippen molar-refractivity contribution in [2.45, 2.75) is 0 Å². The lowest BCUT2D eigenvalue weighted by atomic mass is 10.0. The van der Waals surface area contributed by atoms with Gasteiger partial charge in [0, 0.05) is 66.5 Å². The summed E-state index contributed by atoms with van der Waals surface area (Å²) in [4.78, 5) is 37.6. The predicted molar refractivity (Wildman–Crippen MR) is 363 cm³/mol. The molecule has 0 radical (unpaired) electrons. The molecule has 0 amide bonds. The number of aromatic amines is 4. The Labute approximate surface area is 507 Å². The summed E-state index contributed by atoms with van der Waals surface area (Å²) in [6.45, 7) is 0. The summed E-state index contributed by atoms with van der Waals surface area (Å²) in [5.41, 5.74) is 26.5. The second kappa shape index (κ2) is 21.8. The van der Waals surface area contributed by atoms with Crippen LogP contribution >= 0.6 is 0 Å². The third-order valence-corrected chi connectivity index (χ3v) is 16.5. The average molecular weight is 1130 g/mol. The summed E-state index contributed by atoms with van der Waals surface area (Å²) in [6.07, 6.45) is 16.8. The van der Waals surface area contributed by atoms with E-state index in [0.29, 0.717) is 22.5 Å². The van der Waals surface area contributed by atoms with Crippen molar-refractivity contribution in [3.8, 4) is 84.4 Å². The molecule has 0 saturated heterocycles.